The van der Waals surface area contributed by atoms with Gasteiger partial charge in [0.1, 0.15) is 0 Å². The van der Waals surface area contributed by atoms with Gasteiger partial charge in [0.05, 0.1) is 11.3 Å². The lowest BCUT2D eigenvalue weighted by Crippen LogP contribution is -2.49. The molecule has 2 rings (SSSR count). The third-order valence-electron chi connectivity index (χ3n) is 5.35. The normalized spacial score (nSPS) is 26.1. The minimum atomic E-state index is -1.38. The van der Waals surface area contributed by atoms with Gasteiger partial charge >= 0.3 is 18.0 Å². The number of carboxylic acid groups (broad SMARTS) is 1. The molecule has 2 atom stereocenters. The minimum Gasteiger partial charge on any atom is -0.481 e. The summed E-state index contributed by atoms with van der Waals surface area (Å²) in [6, 6.07) is 0. The fraction of sp³-hybridized carbons (Fsp3) is 0.833. The van der Waals surface area contributed by atoms with Gasteiger partial charge in [-0.2, -0.15) is 0 Å². The highest BCUT2D eigenvalue weighted by Crippen LogP contribution is 2.32. The highest BCUT2D eigenvalue weighted by atomic mass is 16.7. The number of nitrogens with zero attached hydrogens (tertiary/aromatic N) is 1. The number of esters is 1. The van der Waals surface area contributed by atoms with E-state index in [1.807, 2.05) is 6.92 Å². The Kier molecular flexibility index (Phi) is 6.16. The third kappa shape index (κ3) is 4.87. The molecule has 8 heteroatoms. The van der Waals surface area contributed by atoms with Gasteiger partial charge in [0.2, 0.25) is 0 Å². The van der Waals surface area contributed by atoms with Gasteiger partial charge in [0.15, 0.2) is 0 Å². The van der Waals surface area contributed by atoms with Crippen molar-refractivity contribution in [3.63, 3.8) is 0 Å². The highest BCUT2D eigenvalue weighted by Gasteiger charge is 2.41. The molecule has 0 aromatic rings. The predicted molar refractivity (Wildman–Crippen MR) is 93.3 cm³/mol. The van der Waals surface area contributed by atoms with Gasteiger partial charge in [-0.15, -0.1) is 0 Å². The number of aliphatic carboxylic acids is 1. The molecule has 2 N–H and O–H groups in total. The summed E-state index contributed by atoms with van der Waals surface area (Å²) in [6.07, 6.45) is 1.15. The quantitative estimate of drug-likeness (QED) is 0.574. The number of ether oxygens (including phenoxy) is 2. The fourth-order valence-corrected chi connectivity index (χ4v) is 3.50. The van der Waals surface area contributed by atoms with E-state index in [2.05, 4.69) is 5.32 Å². The van der Waals surface area contributed by atoms with E-state index in [1.165, 1.54) is 4.90 Å². The summed E-state index contributed by atoms with van der Waals surface area (Å²) >= 11 is 0. The Morgan fingerprint density at radius 3 is 2.35 bits per heavy atom. The zero-order chi connectivity index (χ0) is 19.5. The molecule has 0 bridgehead atoms. The molecule has 2 heterocycles. The van der Waals surface area contributed by atoms with Crippen molar-refractivity contribution >= 4 is 18.0 Å². The van der Waals surface area contributed by atoms with Crippen LogP contribution in [-0.4, -0.2) is 60.0 Å². The van der Waals surface area contributed by atoms with Crippen molar-refractivity contribution in [1.29, 1.82) is 0 Å². The van der Waals surface area contributed by atoms with Crippen LogP contribution in [0.2, 0.25) is 0 Å². The number of piperidine rings is 2. The molecule has 1 amide bonds. The van der Waals surface area contributed by atoms with Crippen molar-refractivity contribution in [2.45, 2.75) is 52.7 Å². The third-order valence-corrected chi connectivity index (χ3v) is 5.35. The first kappa shape index (κ1) is 20.5. The summed E-state index contributed by atoms with van der Waals surface area (Å²) in [6.45, 7) is 8.89. The lowest BCUT2D eigenvalue weighted by molar-refractivity contribution is -0.208. The van der Waals surface area contributed by atoms with Gasteiger partial charge in [0, 0.05) is 26.9 Å². The SMILES string of the molecule is CC1CN(C(=O)OC(C)(C)OC(=O)C2(C)CCNCC2)CCC1C(=O)O. The van der Waals surface area contributed by atoms with Crippen molar-refractivity contribution in [2.75, 3.05) is 26.2 Å². The Bertz CT molecular complexity index is 556. The summed E-state index contributed by atoms with van der Waals surface area (Å²) < 4.78 is 10.9. The Morgan fingerprint density at radius 1 is 1.19 bits per heavy atom. The van der Waals surface area contributed by atoms with E-state index in [4.69, 9.17) is 9.47 Å². The second kappa shape index (κ2) is 7.82. The van der Waals surface area contributed by atoms with Crippen LogP contribution in [0.1, 0.15) is 47.0 Å². The largest absolute Gasteiger partial charge is 0.481 e. The van der Waals surface area contributed by atoms with E-state index in [9.17, 15) is 19.5 Å². The summed E-state index contributed by atoms with van der Waals surface area (Å²) in [5, 5.41) is 12.4. The molecule has 26 heavy (non-hydrogen) atoms. The Morgan fingerprint density at radius 2 is 1.81 bits per heavy atom. The minimum absolute atomic E-state index is 0.159. The van der Waals surface area contributed by atoms with E-state index in [1.54, 1.807) is 20.8 Å². The van der Waals surface area contributed by atoms with Crippen LogP contribution in [0.25, 0.3) is 0 Å². The van der Waals surface area contributed by atoms with Gasteiger partial charge in [-0.1, -0.05) is 6.92 Å². The molecule has 2 unspecified atom stereocenters. The lowest BCUT2D eigenvalue weighted by Gasteiger charge is -2.38. The number of likely N-dealkylation sites (tertiary alicyclic amines) is 1. The standard InChI is InChI=1S/C18H30N2O6/c1-12-11-20(10-5-13(12)14(21)22)16(24)26-17(2,3)25-15(23)18(4)6-8-19-9-7-18/h12-13,19H,5-11H2,1-4H3,(H,21,22). The van der Waals surface area contributed by atoms with Crippen LogP contribution < -0.4 is 5.32 Å². The molecule has 0 aromatic carbocycles. The molecule has 2 fully saturated rings. The number of carbonyl (C=O) groups is 3. The molecule has 2 aliphatic rings. The summed E-state index contributed by atoms with van der Waals surface area (Å²) in [4.78, 5) is 37.6. The van der Waals surface area contributed by atoms with Crippen molar-refractivity contribution < 1.29 is 29.0 Å². The predicted octanol–water partition coefficient (Wildman–Crippen LogP) is 1.83. The topological polar surface area (TPSA) is 105 Å². The lowest BCUT2D eigenvalue weighted by atomic mass is 9.81. The molecule has 2 aliphatic heterocycles. The maximum absolute atomic E-state index is 12.5. The van der Waals surface area contributed by atoms with E-state index in [0.29, 0.717) is 32.4 Å². The summed E-state index contributed by atoms with van der Waals surface area (Å²) in [7, 11) is 0. The maximum Gasteiger partial charge on any atom is 0.413 e. The van der Waals surface area contributed by atoms with Crippen LogP contribution in [0.3, 0.4) is 0 Å². The van der Waals surface area contributed by atoms with Crippen molar-refractivity contribution in [3.8, 4) is 0 Å². The molecule has 2 saturated heterocycles. The van der Waals surface area contributed by atoms with Gasteiger partial charge in [0.25, 0.3) is 5.79 Å². The first-order chi connectivity index (χ1) is 12.0. The molecule has 0 aromatic heterocycles. The van der Waals surface area contributed by atoms with Crippen LogP contribution in [0, 0.1) is 17.3 Å². The number of amides is 1. The van der Waals surface area contributed by atoms with Gasteiger partial charge in [-0.3, -0.25) is 9.59 Å². The summed E-state index contributed by atoms with van der Waals surface area (Å²) in [5.41, 5.74) is -0.580. The van der Waals surface area contributed by atoms with Gasteiger partial charge < -0.3 is 24.8 Å². The molecule has 8 nitrogen and oxygen atoms in total. The Balaban J connectivity index is 1.91. The number of hydrogen-bond donors (Lipinski definition) is 2. The van der Waals surface area contributed by atoms with Crippen molar-refractivity contribution in [2.24, 2.45) is 17.3 Å². The number of carboxylic acids is 1. The van der Waals surface area contributed by atoms with E-state index < -0.39 is 29.2 Å². The average molecular weight is 370 g/mol. The maximum atomic E-state index is 12.5. The second-order valence-corrected chi connectivity index (χ2v) is 8.12. The van der Waals surface area contributed by atoms with Crippen LogP contribution in [-0.2, 0) is 19.1 Å². The molecular weight excluding hydrogens is 340 g/mol. The molecular formula is C18H30N2O6. The molecule has 0 radical (unpaired) electrons. The summed E-state index contributed by atoms with van der Waals surface area (Å²) in [5.74, 6) is -3.20. The number of hydrogen-bond acceptors (Lipinski definition) is 6. The number of nitrogens with one attached hydrogen (secondary N) is 1. The molecule has 0 saturated carbocycles. The van der Waals surface area contributed by atoms with Gasteiger partial charge in [-0.25, -0.2) is 4.79 Å². The molecule has 148 valence electrons. The molecule has 0 aliphatic carbocycles. The monoisotopic (exact) mass is 370 g/mol. The molecule has 0 spiro atoms. The second-order valence-electron chi connectivity index (χ2n) is 8.12. The smallest absolute Gasteiger partial charge is 0.413 e. The number of carbonyl (C=O) groups excluding carboxylic acids is 2. The first-order valence-electron chi connectivity index (χ1n) is 9.19. The fourth-order valence-electron chi connectivity index (χ4n) is 3.50. The Hall–Kier alpha value is -1.83. The van der Waals surface area contributed by atoms with E-state index >= 15 is 0 Å². The van der Waals surface area contributed by atoms with Crippen molar-refractivity contribution in [3.05, 3.63) is 0 Å². The van der Waals surface area contributed by atoms with E-state index in [0.717, 1.165) is 13.1 Å². The van der Waals surface area contributed by atoms with Crippen LogP contribution in [0.4, 0.5) is 4.79 Å². The van der Waals surface area contributed by atoms with E-state index in [-0.39, 0.29) is 11.9 Å². The van der Waals surface area contributed by atoms with Crippen LogP contribution in [0.15, 0.2) is 0 Å². The first-order valence-corrected chi connectivity index (χ1v) is 9.19. The van der Waals surface area contributed by atoms with Gasteiger partial charge in [-0.05, 0) is 45.2 Å². The number of rotatable bonds is 4. The van der Waals surface area contributed by atoms with Crippen LogP contribution >= 0.6 is 0 Å². The zero-order valence-electron chi connectivity index (χ0n) is 16.0. The average Bonchev–Trinajstić information content (AvgIpc) is 2.54. The zero-order valence-corrected chi connectivity index (χ0v) is 16.0. The van der Waals surface area contributed by atoms with Crippen LogP contribution in [0.5, 0.6) is 0 Å². The highest BCUT2D eigenvalue weighted by molar-refractivity contribution is 5.77. The van der Waals surface area contributed by atoms with Crippen molar-refractivity contribution in [1.82, 2.24) is 10.2 Å². The Labute approximate surface area is 154 Å².